The first-order valence-corrected chi connectivity index (χ1v) is 3.75. The minimum absolute atomic E-state index is 1.14. The maximum atomic E-state index is 3.20. The summed E-state index contributed by atoms with van der Waals surface area (Å²) in [4.78, 5) is 0. The van der Waals surface area contributed by atoms with Gasteiger partial charge in [0.2, 0.25) is 0 Å². The Morgan fingerprint density at radius 1 is 1.43 bits per heavy atom. The van der Waals surface area contributed by atoms with Crippen molar-refractivity contribution in [1.29, 1.82) is 0 Å². The predicted molar refractivity (Wildman–Crippen MR) is 36.4 cm³/mol. The molecule has 0 amide bonds. The van der Waals surface area contributed by atoms with Gasteiger partial charge in [-0.15, -0.1) is 0 Å². The largest absolute Gasteiger partial charge is 0.264 e. The van der Waals surface area contributed by atoms with E-state index in [-0.39, 0.29) is 0 Å². The molecule has 1 N–H and O–H groups in total. The van der Waals surface area contributed by atoms with Crippen LogP contribution in [0.3, 0.4) is 0 Å². The van der Waals surface area contributed by atoms with Gasteiger partial charge < -0.3 is 0 Å². The number of rotatable bonds is 4. The molecule has 0 aromatic heterocycles. The van der Waals surface area contributed by atoms with Crippen LogP contribution in [0.1, 0.15) is 20.3 Å². The molecular formula is C5H13NS. The molecule has 2 heteroatoms. The highest BCUT2D eigenvalue weighted by Crippen LogP contribution is 1.88. The molecule has 0 aliphatic rings. The van der Waals surface area contributed by atoms with Crippen LogP contribution < -0.4 is 4.72 Å². The highest BCUT2D eigenvalue weighted by atomic mass is 32.2. The fourth-order valence-corrected chi connectivity index (χ4v) is 0.829. The summed E-state index contributed by atoms with van der Waals surface area (Å²) in [5.74, 6) is 1.17. The summed E-state index contributed by atoms with van der Waals surface area (Å²) in [5, 5.41) is 0. The molecule has 0 saturated heterocycles. The number of hydrogen-bond donors (Lipinski definition) is 1. The van der Waals surface area contributed by atoms with Gasteiger partial charge in [0.05, 0.1) is 0 Å². The molecule has 44 valence electrons. The van der Waals surface area contributed by atoms with E-state index >= 15 is 0 Å². The fourth-order valence-electron chi connectivity index (χ4n) is 0.276. The van der Waals surface area contributed by atoms with E-state index in [1.807, 2.05) is 0 Å². The molecule has 1 nitrogen and oxygen atoms in total. The molecule has 0 spiro atoms. The van der Waals surface area contributed by atoms with Crippen LogP contribution in [-0.4, -0.2) is 12.3 Å². The van der Waals surface area contributed by atoms with Gasteiger partial charge >= 0.3 is 0 Å². The normalized spacial score (nSPS) is 9.43. The van der Waals surface area contributed by atoms with Crippen LogP contribution in [0.25, 0.3) is 0 Å². The van der Waals surface area contributed by atoms with Crippen LogP contribution in [0.15, 0.2) is 0 Å². The lowest BCUT2D eigenvalue weighted by Gasteiger charge is -1.94. The molecule has 7 heavy (non-hydrogen) atoms. The second kappa shape index (κ2) is 6.31. The van der Waals surface area contributed by atoms with Gasteiger partial charge in [0.15, 0.2) is 0 Å². The van der Waals surface area contributed by atoms with Gasteiger partial charge in [0, 0.05) is 12.3 Å². The van der Waals surface area contributed by atoms with Crippen molar-refractivity contribution in [2.24, 2.45) is 0 Å². The Kier molecular flexibility index (Phi) is 6.59. The smallest absolute Gasteiger partial charge is 0.00558 e. The number of hydrogen-bond acceptors (Lipinski definition) is 2. The monoisotopic (exact) mass is 119 g/mol. The van der Waals surface area contributed by atoms with Crippen molar-refractivity contribution in [3.63, 3.8) is 0 Å². The SMILES string of the molecule is CCCNSCC. The zero-order valence-corrected chi connectivity index (χ0v) is 5.85. The zero-order chi connectivity index (χ0) is 5.54. The summed E-state index contributed by atoms with van der Waals surface area (Å²) in [6, 6.07) is 0. The highest BCUT2D eigenvalue weighted by Gasteiger charge is 1.77. The zero-order valence-electron chi connectivity index (χ0n) is 5.03. The van der Waals surface area contributed by atoms with Crippen molar-refractivity contribution in [3.8, 4) is 0 Å². The van der Waals surface area contributed by atoms with Gasteiger partial charge in [-0.2, -0.15) is 0 Å². The van der Waals surface area contributed by atoms with Crippen molar-refractivity contribution in [2.45, 2.75) is 20.3 Å². The summed E-state index contributed by atoms with van der Waals surface area (Å²) >= 11 is 1.78. The quantitative estimate of drug-likeness (QED) is 0.446. The molecule has 0 fully saturated rings. The number of nitrogens with one attached hydrogen (secondary N) is 1. The van der Waals surface area contributed by atoms with Crippen LogP contribution in [0.2, 0.25) is 0 Å². The first-order chi connectivity index (χ1) is 3.41. The van der Waals surface area contributed by atoms with Crippen molar-refractivity contribution in [2.75, 3.05) is 12.3 Å². The molecule has 0 aromatic carbocycles. The molecule has 0 aromatic rings. The van der Waals surface area contributed by atoms with Gasteiger partial charge in [-0.3, -0.25) is 4.72 Å². The summed E-state index contributed by atoms with van der Waals surface area (Å²) in [6.45, 7) is 5.45. The lowest BCUT2D eigenvalue weighted by molar-refractivity contribution is 0.878. The third-order valence-electron chi connectivity index (χ3n) is 0.598. The van der Waals surface area contributed by atoms with Gasteiger partial charge in [0.1, 0.15) is 0 Å². The molecule has 0 radical (unpaired) electrons. The van der Waals surface area contributed by atoms with Crippen LogP contribution >= 0.6 is 11.9 Å². The van der Waals surface area contributed by atoms with E-state index in [9.17, 15) is 0 Å². The molecular weight excluding hydrogens is 106 g/mol. The Hall–Kier alpha value is 0.310. The lowest BCUT2D eigenvalue weighted by atomic mass is 10.5. The Morgan fingerprint density at radius 2 is 2.14 bits per heavy atom. The maximum Gasteiger partial charge on any atom is 0.00558 e. The highest BCUT2D eigenvalue weighted by molar-refractivity contribution is 7.97. The van der Waals surface area contributed by atoms with Crippen molar-refractivity contribution in [1.82, 2.24) is 4.72 Å². The predicted octanol–water partition coefficient (Wildman–Crippen LogP) is 1.65. The Bertz CT molecular complexity index is 27.3. The molecule has 0 saturated carbocycles. The summed E-state index contributed by atoms with van der Waals surface area (Å²) < 4.78 is 3.20. The maximum absolute atomic E-state index is 3.20. The van der Waals surface area contributed by atoms with E-state index < -0.39 is 0 Å². The van der Waals surface area contributed by atoms with Gasteiger partial charge in [-0.25, -0.2) is 0 Å². The topological polar surface area (TPSA) is 12.0 Å². The van der Waals surface area contributed by atoms with E-state index in [1.54, 1.807) is 11.9 Å². The second-order valence-electron chi connectivity index (χ2n) is 1.33. The minimum Gasteiger partial charge on any atom is -0.264 e. The van der Waals surface area contributed by atoms with Gasteiger partial charge in [-0.05, 0) is 6.42 Å². The Morgan fingerprint density at radius 3 is 2.57 bits per heavy atom. The fraction of sp³-hybridized carbons (Fsp3) is 1.00. The third-order valence-corrected chi connectivity index (χ3v) is 1.30. The van der Waals surface area contributed by atoms with Gasteiger partial charge in [-0.1, -0.05) is 25.8 Å². The van der Waals surface area contributed by atoms with Crippen molar-refractivity contribution < 1.29 is 0 Å². The second-order valence-corrected chi connectivity index (χ2v) is 2.48. The summed E-state index contributed by atoms with van der Waals surface area (Å²) in [6.07, 6.45) is 1.23. The Labute approximate surface area is 50.0 Å². The van der Waals surface area contributed by atoms with Crippen LogP contribution in [-0.2, 0) is 0 Å². The molecule has 0 aliphatic carbocycles. The van der Waals surface area contributed by atoms with Crippen molar-refractivity contribution in [3.05, 3.63) is 0 Å². The molecule has 0 unspecified atom stereocenters. The summed E-state index contributed by atoms with van der Waals surface area (Å²) in [7, 11) is 0. The first-order valence-electron chi connectivity index (χ1n) is 2.76. The molecule has 0 heterocycles. The van der Waals surface area contributed by atoms with Gasteiger partial charge in [0.25, 0.3) is 0 Å². The lowest BCUT2D eigenvalue weighted by Crippen LogP contribution is -2.03. The summed E-state index contributed by atoms with van der Waals surface area (Å²) in [5.41, 5.74) is 0. The molecule has 0 bridgehead atoms. The van der Waals surface area contributed by atoms with E-state index in [4.69, 9.17) is 0 Å². The molecule has 0 atom stereocenters. The first kappa shape index (κ1) is 7.31. The average Bonchev–Trinajstić information content (AvgIpc) is 1.69. The van der Waals surface area contributed by atoms with Crippen LogP contribution in [0.5, 0.6) is 0 Å². The average molecular weight is 119 g/mol. The van der Waals surface area contributed by atoms with Crippen LogP contribution in [0, 0.1) is 0 Å². The van der Waals surface area contributed by atoms with E-state index in [0.717, 1.165) is 6.54 Å². The van der Waals surface area contributed by atoms with Crippen LogP contribution in [0.4, 0.5) is 0 Å². The van der Waals surface area contributed by atoms with E-state index in [2.05, 4.69) is 18.6 Å². The van der Waals surface area contributed by atoms with E-state index in [1.165, 1.54) is 12.2 Å². The molecule has 0 aliphatic heterocycles. The minimum atomic E-state index is 1.14. The third kappa shape index (κ3) is 6.31. The van der Waals surface area contributed by atoms with Crippen molar-refractivity contribution >= 4 is 11.9 Å². The van der Waals surface area contributed by atoms with E-state index in [0.29, 0.717) is 0 Å². The standard InChI is InChI=1S/C5H13NS/c1-3-5-6-7-4-2/h6H,3-5H2,1-2H3. The Balaban J connectivity index is 2.45. The molecule has 0 rings (SSSR count).